The van der Waals surface area contributed by atoms with Crippen LogP contribution in [0.25, 0.3) is 5.69 Å². The summed E-state index contributed by atoms with van der Waals surface area (Å²) in [7, 11) is 0. The zero-order valence-corrected chi connectivity index (χ0v) is 21.1. The molecule has 1 aliphatic heterocycles. The molecule has 0 amide bonds. The van der Waals surface area contributed by atoms with E-state index in [4.69, 9.17) is 35.4 Å². The molecule has 0 bridgehead atoms. The molecule has 4 heterocycles. The minimum atomic E-state index is -0.0979. The van der Waals surface area contributed by atoms with E-state index < -0.39 is 0 Å². The number of nitrogens with one attached hydrogen (secondary N) is 1. The first-order valence-electron chi connectivity index (χ1n) is 11.0. The molecule has 8 heteroatoms. The number of hydrogen-bond acceptors (Lipinski definition) is 3. The molecule has 0 saturated carbocycles. The van der Waals surface area contributed by atoms with Gasteiger partial charge in [-0.15, -0.1) is 0 Å². The number of hydrogen-bond donors (Lipinski definition) is 1. The molecule has 5 rings (SSSR count). The summed E-state index contributed by atoms with van der Waals surface area (Å²) in [5, 5.41) is 5.29. The number of rotatable bonds is 5. The fourth-order valence-corrected chi connectivity index (χ4v) is 5.41. The van der Waals surface area contributed by atoms with Crippen molar-refractivity contribution in [3.8, 4) is 5.69 Å². The van der Waals surface area contributed by atoms with Gasteiger partial charge in [-0.25, -0.2) is 0 Å². The van der Waals surface area contributed by atoms with Crippen LogP contribution >= 0.6 is 35.4 Å². The summed E-state index contributed by atoms with van der Waals surface area (Å²) in [6, 6.07) is 17.8. The van der Waals surface area contributed by atoms with Crippen molar-refractivity contribution in [1.82, 2.24) is 24.8 Å². The van der Waals surface area contributed by atoms with Crippen molar-refractivity contribution in [1.29, 1.82) is 0 Å². The van der Waals surface area contributed by atoms with Gasteiger partial charge in [0.2, 0.25) is 0 Å². The molecule has 1 saturated heterocycles. The third-order valence-corrected chi connectivity index (χ3v) is 7.42. The molecule has 1 aromatic carbocycles. The summed E-state index contributed by atoms with van der Waals surface area (Å²) in [4.78, 5) is 11.0. The Labute approximate surface area is 214 Å². The first-order valence-corrected chi connectivity index (χ1v) is 12.1. The van der Waals surface area contributed by atoms with E-state index in [0.717, 1.165) is 33.9 Å². The van der Waals surface area contributed by atoms with E-state index in [-0.39, 0.29) is 12.1 Å². The molecule has 2 atom stereocenters. The minimum Gasteiger partial charge on any atom is -0.352 e. The van der Waals surface area contributed by atoms with E-state index in [9.17, 15) is 0 Å². The Morgan fingerprint density at radius 2 is 1.79 bits per heavy atom. The number of thiocarbonyl (C=S) groups is 1. The molecule has 2 unspecified atom stereocenters. The summed E-state index contributed by atoms with van der Waals surface area (Å²) < 4.78 is 2.16. The Morgan fingerprint density at radius 3 is 2.53 bits per heavy atom. The second-order valence-electron chi connectivity index (χ2n) is 8.34. The smallest absolute Gasteiger partial charge is 0.170 e. The largest absolute Gasteiger partial charge is 0.352 e. The molecule has 0 aliphatic carbocycles. The lowest BCUT2D eigenvalue weighted by atomic mass is 9.96. The van der Waals surface area contributed by atoms with Crippen LogP contribution in [-0.4, -0.2) is 24.5 Å². The van der Waals surface area contributed by atoms with Crippen molar-refractivity contribution in [2.45, 2.75) is 32.5 Å². The van der Waals surface area contributed by atoms with Crippen LogP contribution in [0.4, 0.5) is 0 Å². The van der Waals surface area contributed by atoms with Crippen molar-refractivity contribution in [2.24, 2.45) is 0 Å². The number of aromatic nitrogens is 3. The monoisotopic (exact) mass is 507 g/mol. The topological polar surface area (TPSA) is 46.0 Å². The molecular formula is C26H23Cl2N5S. The maximum absolute atomic E-state index is 6.61. The molecule has 0 spiro atoms. The van der Waals surface area contributed by atoms with Gasteiger partial charge >= 0.3 is 0 Å². The minimum absolute atomic E-state index is 0.0616. The number of halogens is 2. The molecule has 3 aromatic heterocycles. The SMILES string of the molecule is Cc1cc(C2C(c3ccccn3)NC(=S)N2Cc2ccncc2)c(C)n1-c1cccc(Cl)c1Cl. The number of nitrogens with zero attached hydrogens (tertiary/aromatic N) is 4. The van der Waals surface area contributed by atoms with E-state index in [0.29, 0.717) is 21.7 Å². The van der Waals surface area contributed by atoms with Gasteiger partial charge in [0.05, 0.1) is 33.5 Å². The Bertz CT molecular complexity index is 1340. The molecule has 5 nitrogen and oxygen atoms in total. The van der Waals surface area contributed by atoms with Gasteiger partial charge < -0.3 is 14.8 Å². The summed E-state index contributed by atoms with van der Waals surface area (Å²) in [5.74, 6) is 0. The van der Waals surface area contributed by atoms with Crippen LogP contribution in [0, 0.1) is 13.8 Å². The van der Waals surface area contributed by atoms with E-state index in [2.05, 4.69) is 44.7 Å². The lowest BCUT2D eigenvalue weighted by Crippen LogP contribution is -2.29. The number of pyridine rings is 2. The highest BCUT2D eigenvalue weighted by atomic mass is 35.5. The van der Waals surface area contributed by atoms with Gasteiger partial charge in [0.1, 0.15) is 0 Å². The molecule has 34 heavy (non-hydrogen) atoms. The Hall–Kier alpha value is -2.93. The molecule has 0 radical (unpaired) electrons. The zero-order valence-electron chi connectivity index (χ0n) is 18.7. The first-order chi connectivity index (χ1) is 16.5. The van der Waals surface area contributed by atoms with E-state index in [1.54, 1.807) is 18.5 Å². The van der Waals surface area contributed by atoms with Gasteiger partial charge in [0.15, 0.2) is 5.11 Å². The maximum atomic E-state index is 6.61. The molecule has 1 aliphatic rings. The van der Waals surface area contributed by atoms with Gasteiger partial charge in [-0.2, -0.15) is 0 Å². The quantitative estimate of drug-likeness (QED) is 0.318. The average molecular weight is 508 g/mol. The van der Waals surface area contributed by atoms with Crippen LogP contribution in [-0.2, 0) is 6.54 Å². The fourth-order valence-electron chi connectivity index (χ4n) is 4.72. The fraction of sp³-hybridized carbons (Fsp3) is 0.192. The predicted octanol–water partition coefficient (Wildman–Crippen LogP) is 6.36. The molecular weight excluding hydrogens is 485 g/mol. The molecule has 172 valence electrons. The van der Waals surface area contributed by atoms with Gasteiger partial charge in [-0.05, 0) is 79.7 Å². The highest BCUT2D eigenvalue weighted by Gasteiger charge is 2.41. The third kappa shape index (κ3) is 4.06. The second-order valence-corrected chi connectivity index (χ2v) is 9.52. The summed E-state index contributed by atoms with van der Waals surface area (Å²) >= 11 is 18.8. The van der Waals surface area contributed by atoms with Crippen molar-refractivity contribution in [3.63, 3.8) is 0 Å². The van der Waals surface area contributed by atoms with Crippen LogP contribution in [0.2, 0.25) is 10.0 Å². The van der Waals surface area contributed by atoms with Gasteiger partial charge in [-0.1, -0.05) is 35.3 Å². The van der Waals surface area contributed by atoms with Crippen LogP contribution in [0.3, 0.4) is 0 Å². The Morgan fingerprint density at radius 1 is 1.00 bits per heavy atom. The van der Waals surface area contributed by atoms with Gasteiger partial charge in [0, 0.05) is 36.5 Å². The summed E-state index contributed by atoms with van der Waals surface area (Å²) in [6.07, 6.45) is 5.43. The molecule has 1 N–H and O–H groups in total. The lowest BCUT2D eigenvalue weighted by molar-refractivity contribution is 0.310. The zero-order chi connectivity index (χ0) is 23.8. The second kappa shape index (κ2) is 9.37. The van der Waals surface area contributed by atoms with Gasteiger partial charge in [-0.3, -0.25) is 9.97 Å². The Kier molecular flexibility index (Phi) is 6.30. The highest BCUT2D eigenvalue weighted by Crippen LogP contribution is 2.43. The number of aryl methyl sites for hydroxylation is 1. The van der Waals surface area contributed by atoms with Crippen molar-refractivity contribution in [3.05, 3.63) is 111 Å². The highest BCUT2D eigenvalue weighted by molar-refractivity contribution is 7.80. The average Bonchev–Trinajstić information content (AvgIpc) is 3.32. The van der Waals surface area contributed by atoms with Crippen LogP contribution in [0.15, 0.2) is 73.2 Å². The normalized spacial score (nSPS) is 17.8. The Balaban J connectivity index is 1.64. The lowest BCUT2D eigenvalue weighted by Gasteiger charge is -2.28. The predicted molar refractivity (Wildman–Crippen MR) is 140 cm³/mol. The van der Waals surface area contributed by atoms with E-state index in [1.165, 1.54) is 0 Å². The van der Waals surface area contributed by atoms with Crippen LogP contribution in [0.5, 0.6) is 0 Å². The standard InChI is InChI=1S/C26H23Cl2N5S/c1-16-14-19(17(2)33(16)22-8-5-6-20(27)23(22)28)25-24(21-7-3-4-11-30-21)31-26(34)32(25)15-18-9-12-29-13-10-18/h3-14,24-25H,15H2,1-2H3,(H,31,34). The summed E-state index contributed by atoms with van der Waals surface area (Å²) in [5.41, 5.74) is 6.25. The molecule has 4 aromatic rings. The maximum Gasteiger partial charge on any atom is 0.170 e. The molecule has 1 fully saturated rings. The van der Waals surface area contributed by atoms with E-state index >= 15 is 0 Å². The van der Waals surface area contributed by atoms with Crippen molar-refractivity contribution < 1.29 is 0 Å². The van der Waals surface area contributed by atoms with E-state index in [1.807, 2.05) is 48.7 Å². The number of benzene rings is 1. The first kappa shape index (κ1) is 22.8. The third-order valence-electron chi connectivity index (χ3n) is 6.26. The van der Waals surface area contributed by atoms with Crippen LogP contribution in [0.1, 0.15) is 40.3 Å². The van der Waals surface area contributed by atoms with Crippen LogP contribution < -0.4 is 5.32 Å². The van der Waals surface area contributed by atoms with Crippen molar-refractivity contribution in [2.75, 3.05) is 0 Å². The van der Waals surface area contributed by atoms with Crippen molar-refractivity contribution >= 4 is 40.5 Å². The summed E-state index contributed by atoms with van der Waals surface area (Å²) in [6.45, 7) is 4.85. The van der Waals surface area contributed by atoms with Gasteiger partial charge in [0.25, 0.3) is 0 Å².